The zero-order chi connectivity index (χ0) is 10.3. The van der Waals surface area contributed by atoms with Crippen LogP contribution in [-0.4, -0.2) is 33.7 Å². The van der Waals surface area contributed by atoms with E-state index in [1.54, 1.807) is 10.7 Å². The largest absolute Gasteiger partial charge is 0.352 e. The third-order valence-corrected chi connectivity index (χ3v) is 2.95. The fourth-order valence-electron chi connectivity index (χ4n) is 1.95. The van der Waals surface area contributed by atoms with E-state index in [0.29, 0.717) is 12.6 Å². The van der Waals surface area contributed by atoms with E-state index < -0.39 is 0 Å². The second-order valence-electron chi connectivity index (χ2n) is 3.79. The quantitative estimate of drug-likeness (QED) is 0.761. The summed E-state index contributed by atoms with van der Waals surface area (Å²) in [5.74, 6) is 1.00. The molecule has 0 aliphatic carbocycles. The van der Waals surface area contributed by atoms with E-state index in [2.05, 4.69) is 15.0 Å². The summed E-state index contributed by atoms with van der Waals surface area (Å²) in [6, 6.07) is 4.35. The van der Waals surface area contributed by atoms with Crippen LogP contribution in [-0.2, 0) is 0 Å². The summed E-state index contributed by atoms with van der Waals surface area (Å²) in [5, 5.41) is 4.11. The van der Waals surface area contributed by atoms with Crippen LogP contribution in [0.3, 0.4) is 0 Å². The Labute approximate surface area is 87.5 Å². The van der Waals surface area contributed by atoms with Crippen molar-refractivity contribution in [1.29, 1.82) is 0 Å². The van der Waals surface area contributed by atoms with Gasteiger partial charge in [0.1, 0.15) is 5.82 Å². The first-order chi connectivity index (χ1) is 7.38. The molecule has 2 N–H and O–H groups in total. The molecule has 1 fully saturated rings. The van der Waals surface area contributed by atoms with E-state index in [4.69, 9.17) is 5.73 Å². The molecule has 1 aliphatic rings. The van der Waals surface area contributed by atoms with Crippen molar-refractivity contribution in [1.82, 2.24) is 14.6 Å². The summed E-state index contributed by atoms with van der Waals surface area (Å²) in [5.41, 5.74) is 6.55. The summed E-state index contributed by atoms with van der Waals surface area (Å²) in [4.78, 5) is 6.77. The van der Waals surface area contributed by atoms with Gasteiger partial charge in [0.2, 0.25) is 0 Å². The molecule has 78 valence electrons. The van der Waals surface area contributed by atoms with Gasteiger partial charge in [0.25, 0.3) is 0 Å². The number of hydrogen-bond donors (Lipinski definition) is 1. The minimum absolute atomic E-state index is 0.461. The van der Waals surface area contributed by atoms with Crippen LogP contribution in [0.2, 0.25) is 0 Å². The Morgan fingerprint density at radius 1 is 1.47 bits per heavy atom. The van der Waals surface area contributed by atoms with E-state index in [-0.39, 0.29) is 0 Å². The molecule has 0 radical (unpaired) electrons. The van der Waals surface area contributed by atoms with E-state index >= 15 is 0 Å². The second-order valence-corrected chi connectivity index (χ2v) is 3.79. The van der Waals surface area contributed by atoms with Crippen molar-refractivity contribution in [3.05, 3.63) is 24.5 Å². The zero-order valence-electron chi connectivity index (χ0n) is 8.37. The third-order valence-electron chi connectivity index (χ3n) is 2.95. The van der Waals surface area contributed by atoms with Gasteiger partial charge >= 0.3 is 0 Å². The molecule has 0 amide bonds. The van der Waals surface area contributed by atoms with Crippen LogP contribution >= 0.6 is 0 Å². The fraction of sp³-hybridized carbons (Fsp3) is 0.400. The van der Waals surface area contributed by atoms with Crippen LogP contribution in [0, 0.1) is 0 Å². The van der Waals surface area contributed by atoms with Gasteiger partial charge < -0.3 is 10.6 Å². The van der Waals surface area contributed by atoms with Gasteiger partial charge in [-0.1, -0.05) is 0 Å². The maximum atomic E-state index is 5.67. The Balaban J connectivity index is 1.97. The van der Waals surface area contributed by atoms with Gasteiger partial charge in [-0.15, -0.1) is 0 Å². The first-order valence-electron chi connectivity index (χ1n) is 5.15. The predicted molar refractivity (Wildman–Crippen MR) is 57.8 cm³/mol. The van der Waals surface area contributed by atoms with Crippen molar-refractivity contribution in [3.8, 4) is 0 Å². The normalized spacial score (nSPS) is 20.6. The van der Waals surface area contributed by atoms with Gasteiger partial charge in [0.05, 0.1) is 6.20 Å². The van der Waals surface area contributed by atoms with Crippen LogP contribution in [0.1, 0.15) is 6.42 Å². The molecule has 3 rings (SSSR count). The number of anilines is 1. The van der Waals surface area contributed by atoms with Crippen molar-refractivity contribution < 1.29 is 0 Å². The molecule has 0 bridgehead atoms. The maximum absolute atomic E-state index is 5.67. The van der Waals surface area contributed by atoms with Crippen molar-refractivity contribution in [2.45, 2.75) is 12.5 Å². The SMILES string of the molecule is NCC1CCN1c1ccn2nccc2n1. The molecule has 0 spiro atoms. The smallest absolute Gasteiger partial charge is 0.157 e. The highest BCUT2D eigenvalue weighted by molar-refractivity contribution is 5.49. The fourth-order valence-corrected chi connectivity index (χ4v) is 1.95. The van der Waals surface area contributed by atoms with Gasteiger partial charge in [0, 0.05) is 31.4 Å². The van der Waals surface area contributed by atoms with Crippen molar-refractivity contribution >= 4 is 11.5 Å². The molecule has 5 nitrogen and oxygen atoms in total. The first kappa shape index (κ1) is 8.67. The zero-order valence-corrected chi connectivity index (χ0v) is 8.37. The van der Waals surface area contributed by atoms with Gasteiger partial charge in [-0.05, 0) is 12.5 Å². The lowest BCUT2D eigenvalue weighted by Gasteiger charge is -2.41. The second kappa shape index (κ2) is 3.20. The molecule has 15 heavy (non-hydrogen) atoms. The van der Waals surface area contributed by atoms with Gasteiger partial charge in [-0.2, -0.15) is 5.10 Å². The summed E-state index contributed by atoms with van der Waals surface area (Å²) in [7, 11) is 0. The topological polar surface area (TPSA) is 59.5 Å². The summed E-state index contributed by atoms with van der Waals surface area (Å²) >= 11 is 0. The van der Waals surface area contributed by atoms with Crippen LogP contribution in [0.25, 0.3) is 5.65 Å². The van der Waals surface area contributed by atoms with Crippen molar-refractivity contribution in [2.75, 3.05) is 18.0 Å². The molecule has 1 atom stereocenters. The Kier molecular flexibility index (Phi) is 1.85. The number of nitrogens with two attached hydrogens (primary N) is 1. The molecular formula is C10H13N5. The first-order valence-corrected chi connectivity index (χ1v) is 5.15. The summed E-state index contributed by atoms with van der Waals surface area (Å²) in [6.07, 6.45) is 4.86. The average Bonchev–Trinajstić information content (AvgIpc) is 2.64. The van der Waals surface area contributed by atoms with E-state index in [1.807, 2.05) is 18.3 Å². The van der Waals surface area contributed by atoms with Gasteiger partial charge in [0.15, 0.2) is 5.65 Å². The van der Waals surface area contributed by atoms with Crippen LogP contribution < -0.4 is 10.6 Å². The number of fused-ring (bicyclic) bond motifs is 1. The monoisotopic (exact) mass is 203 g/mol. The molecule has 2 aromatic rings. The lowest BCUT2D eigenvalue weighted by Crippen LogP contribution is -2.52. The van der Waals surface area contributed by atoms with Gasteiger partial charge in [-0.25, -0.2) is 9.50 Å². The van der Waals surface area contributed by atoms with E-state index in [1.165, 1.54) is 6.42 Å². The van der Waals surface area contributed by atoms with Crippen LogP contribution in [0.5, 0.6) is 0 Å². The standard InChI is InChI=1S/C10H13N5/c11-7-8-2-5-14(8)9-3-6-15-10(13-9)1-4-12-15/h1,3-4,6,8H,2,5,7,11H2. The molecule has 2 aromatic heterocycles. The van der Waals surface area contributed by atoms with Crippen molar-refractivity contribution in [2.24, 2.45) is 5.73 Å². The molecule has 3 heterocycles. The number of rotatable bonds is 2. The minimum atomic E-state index is 0.461. The molecule has 0 aromatic carbocycles. The minimum Gasteiger partial charge on any atom is -0.352 e. The Hall–Kier alpha value is -1.62. The average molecular weight is 203 g/mol. The molecule has 0 saturated carbocycles. The Bertz CT molecular complexity index is 475. The molecular weight excluding hydrogens is 190 g/mol. The highest BCUT2D eigenvalue weighted by Crippen LogP contribution is 2.23. The molecule has 1 unspecified atom stereocenters. The van der Waals surface area contributed by atoms with Crippen LogP contribution in [0.4, 0.5) is 5.82 Å². The lowest BCUT2D eigenvalue weighted by molar-refractivity contribution is 0.452. The number of hydrogen-bond acceptors (Lipinski definition) is 4. The van der Waals surface area contributed by atoms with E-state index in [9.17, 15) is 0 Å². The van der Waals surface area contributed by atoms with Crippen LogP contribution in [0.15, 0.2) is 24.5 Å². The van der Waals surface area contributed by atoms with E-state index in [0.717, 1.165) is 18.0 Å². The predicted octanol–water partition coefficient (Wildman–Crippen LogP) is 0.267. The number of nitrogens with zero attached hydrogens (tertiary/aromatic N) is 4. The highest BCUT2D eigenvalue weighted by atomic mass is 15.3. The lowest BCUT2D eigenvalue weighted by atomic mass is 10.0. The summed E-state index contributed by atoms with van der Waals surface area (Å²) < 4.78 is 1.76. The molecule has 5 heteroatoms. The van der Waals surface area contributed by atoms with Gasteiger partial charge in [-0.3, -0.25) is 0 Å². The third kappa shape index (κ3) is 1.27. The van der Waals surface area contributed by atoms with Crippen molar-refractivity contribution in [3.63, 3.8) is 0 Å². The Morgan fingerprint density at radius 2 is 2.40 bits per heavy atom. The molecule has 1 saturated heterocycles. The number of aromatic nitrogens is 3. The molecule has 1 aliphatic heterocycles. The Morgan fingerprint density at radius 3 is 3.13 bits per heavy atom. The highest BCUT2D eigenvalue weighted by Gasteiger charge is 2.27. The maximum Gasteiger partial charge on any atom is 0.157 e. The summed E-state index contributed by atoms with van der Waals surface area (Å²) in [6.45, 7) is 1.76.